The van der Waals surface area contributed by atoms with Gasteiger partial charge in [-0.25, -0.2) is 9.37 Å². The number of nitrogens with two attached hydrogens (primary N) is 2. The van der Waals surface area contributed by atoms with E-state index in [0.29, 0.717) is 30.9 Å². The lowest BCUT2D eigenvalue weighted by atomic mass is 10.0. The van der Waals surface area contributed by atoms with E-state index < -0.39 is 17.8 Å². The van der Waals surface area contributed by atoms with Crippen LogP contribution in [0, 0.1) is 5.82 Å². The fourth-order valence-electron chi connectivity index (χ4n) is 3.47. The average molecular weight is 423 g/mol. The second kappa shape index (κ2) is 8.62. The first kappa shape index (κ1) is 20.6. The highest BCUT2D eigenvalue weighted by atomic mass is 19.1. The maximum atomic E-state index is 14.1. The number of carbonyl (C=O) groups is 1. The van der Waals surface area contributed by atoms with Crippen LogP contribution in [0.5, 0.6) is 0 Å². The monoisotopic (exact) mass is 423 g/mol. The van der Waals surface area contributed by atoms with E-state index in [2.05, 4.69) is 20.3 Å². The average Bonchev–Trinajstić information content (AvgIpc) is 2.77. The molecule has 1 aliphatic heterocycles. The number of pyridine rings is 3. The summed E-state index contributed by atoms with van der Waals surface area (Å²) < 4.78 is 14.1. The van der Waals surface area contributed by atoms with Crippen molar-refractivity contribution in [2.24, 2.45) is 5.73 Å². The molecule has 9 nitrogen and oxygen atoms in total. The first-order valence-corrected chi connectivity index (χ1v) is 9.75. The van der Waals surface area contributed by atoms with Gasteiger partial charge in [0, 0.05) is 31.5 Å². The lowest BCUT2D eigenvalue weighted by Gasteiger charge is -2.36. The highest BCUT2D eigenvalue weighted by Gasteiger charge is 2.27. The van der Waals surface area contributed by atoms with E-state index in [1.807, 2.05) is 4.90 Å². The number of hydrogen-bond acceptors (Lipinski definition) is 8. The van der Waals surface area contributed by atoms with Gasteiger partial charge >= 0.3 is 0 Å². The van der Waals surface area contributed by atoms with Crippen LogP contribution in [0.4, 0.5) is 21.5 Å². The van der Waals surface area contributed by atoms with Crippen molar-refractivity contribution >= 4 is 23.0 Å². The van der Waals surface area contributed by atoms with Gasteiger partial charge in [0.05, 0.1) is 35.1 Å². The first-order chi connectivity index (χ1) is 14.9. The maximum absolute atomic E-state index is 14.1. The SMILES string of the molecule is Nc1ccc(-c2ncccc2F)nc1C(=O)Nc1cnccc1N1CCC(N)C(O)C1. The van der Waals surface area contributed by atoms with Crippen LogP contribution in [0.15, 0.2) is 48.9 Å². The molecule has 160 valence electrons. The molecule has 6 N–H and O–H groups in total. The lowest BCUT2D eigenvalue weighted by molar-refractivity contribution is 0.102. The Morgan fingerprint density at radius 1 is 1.26 bits per heavy atom. The Morgan fingerprint density at radius 2 is 2.10 bits per heavy atom. The molecule has 1 amide bonds. The topological polar surface area (TPSA) is 143 Å². The Balaban J connectivity index is 1.61. The van der Waals surface area contributed by atoms with E-state index in [1.54, 1.807) is 12.3 Å². The van der Waals surface area contributed by atoms with Crippen LogP contribution in [0.3, 0.4) is 0 Å². The summed E-state index contributed by atoms with van der Waals surface area (Å²) in [5.74, 6) is -1.12. The zero-order valence-electron chi connectivity index (χ0n) is 16.6. The van der Waals surface area contributed by atoms with Gasteiger partial charge in [-0.2, -0.15) is 0 Å². The molecule has 3 aromatic heterocycles. The lowest BCUT2D eigenvalue weighted by Crippen LogP contribution is -2.50. The predicted molar refractivity (Wildman–Crippen MR) is 115 cm³/mol. The summed E-state index contributed by atoms with van der Waals surface area (Å²) in [5, 5.41) is 12.9. The van der Waals surface area contributed by atoms with Crippen LogP contribution in [-0.2, 0) is 0 Å². The molecule has 0 bridgehead atoms. The smallest absolute Gasteiger partial charge is 0.276 e. The minimum atomic E-state index is -0.673. The number of nitrogens with zero attached hydrogens (tertiary/aromatic N) is 4. The zero-order chi connectivity index (χ0) is 22.0. The van der Waals surface area contributed by atoms with E-state index in [4.69, 9.17) is 11.5 Å². The third kappa shape index (κ3) is 4.30. The molecule has 2 atom stereocenters. The van der Waals surface area contributed by atoms with Crippen molar-refractivity contribution in [1.82, 2.24) is 15.0 Å². The Bertz CT molecular complexity index is 1110. The fourth-order valence-corrected chi connectivity index (χ4v) is 3.47. The molecule has 10 heteroatoms. The molecular weight excluding hydrogens is 401 g/mol. The van der Waals surface area contributed by atoms with Gasteiger partial charge in [-0.1, -0.05) is 0 Å². The molecule has 1 fully saturated rings. The molecule has 0 radical (unpaired) electrons. The van der Waals surface area contributed by atoms with Gasteiger partial charge in [0.2, 0.25) is 0 Å². The number of anilines is 3. The fraction of sp³-hybridized carbons (Fsp3) is 0.238. The minimum absolute atomic E-state index is 0.0252. The molecule has 4 heterocycles. The van der Waals surface area contributed by atoms with Gasteiger partial charge in [-0.15, -0.1) is 0 Å². The molecule has 0 spiro atoms. The number of aliphatic hydroxyl groups is 1. The molecule has 1 aliphatic rings. The van der Waals surface area contributed by atoms with Crippen LogP contribution >= 0.6 is 0 Å². The summed E-state index contributed by atoms with van der Waals surface area (Å²) in [5.41, 5.74) is 13.3. The largest absolute Gasteiger partial charge is 0.397 e. The van der Waals surface area contributed by atoms with Crippen molar-refractivity contribution in [2.75, 3.05) is 29.0 Å². The van der Waals surface area contributed by atoms with Crippen LogP contribution < -0.4 is 21.7 Å². The molecule has 4 rings (SSSR count). The number of halogens is 1. The van der Waals surface area contributed by atoms with E-state index in [0.717, 1.165) is 0 Å². The number of rotatable bonds is 4. The van der Waals surface area contributed by atoms with Crippen molar-refractivity contribution in [1.29, 1.82) is 0 Å². The quantitative estimate of drug-likeness (QED) is 0.493. The molecule has 31 heavy (non-hydrogen) atoms. The summed E-state index contributed by atoms with van der Waals surface area (Å²) in [7, 11) is 0. The van der Waals surface area contributed by atoms with Crippen molar-refractivity contribution in [2.45, 2.75) is 18.6 Å². The van der Waals surface area contributed by atoms with Crippen LogP contribution in [0.1, 0.15) is 16.9 Å². The zero-order valence-corrected chi connectivity index (χ0v) is 16.6. The number of nitrogen functional groups attached to an aromatic ring is 1. The van der Waals surface area contributed by atoms with Gasteiger partial charge in [-0.05, 0) is 36.8 Å². The number of hydrogen-bond donors (Lipinski definition) is 4. The van der Waals surface area contributed by atoms with Gasteiger partial charge in [0.1, 0.15) is 5.69 Å². The van der Waals surface area contributed by atoms with E-state index in [9.17, 15) is 14.3 Å². The minimum Gasteiger partial charge on any atom is -0.397 e. The van der Waals surface area contributed by atoms with Gasteiger partial charge < -0.3 is 26.8 Å². The van der Waals surface area contributed by atoms with Crippen LogP contribution in [-0.4, -0.2) is 51.2 Å². The number of aliphatic hydroxyl groups excluding tert-OH is 1. The van der Waals surface area contributed by atoms with Gasteiger partial charge in [-0.3, -0.25) is 14.8 Å². The molecule has 0 saturated carbocycles. The standard InChI is InChI=1S/C21H22FN7O2/c22-12-2-1-7-26-19(12)15-4-3-14(24)20(27-15)21(31)28-16-10-25-8-5-17(16)29-9-6-13(23)18(30)11-29/h1-5,7-8,10,13,18,30H,6,9,11,23-24H2,(H,28,31). The Labute approximate surface area is 177 Å². The third-order valence-electron chi connectivity index (χ3n) is 5.16. The van der Waals surface area contributed by atoms with Crippen molar-refractivity contribution in [3.63, 3.8) is 0 Å². The van der Waals surface area contributed by atoms with E-state index >= 15 is 0 Å². The number of piperidine rings is 1. The van der Waals surface area contributed by atoms with E-state index in [1.165, 1.54) is 36.7 Å². The van der Waals surface area contributed by atoms with Crippen molar-refractivity contribution < 1.29 is 14.3 Å². The highest BCUT2D eigenvalue weighted by Crippen LogP contribution is 2.28. The molecule has 0 aliphatic carbocycles. The number of nitrogens with one attached hydrogen (secondary N) is 1. The van der Waals surface area contributed by atoms with Crippen molar-refractivity contribution in [3.05, 3.63) is 60.4 Å². The maximum Gasteiger partial charge on any atom is 0.276 e. The molecule has 1 saturated heterocycles. The number of β-amino-alcohol motifs (C(OH)–C–C–N with tert-alkyl or cyclic N) is 1. The van der Waals surface area contributed by atoms with Crippen LogP contribution in [0.25, 0.3) is 11.4 Å². The first-order valence-electron chi connectivity index (χ1n) is 9.75. The second-order valence-corrected chi connectivity index (χ2v) is 7.28. The normalized spacial score (nSPS) is 18.6. The number of carbonyl (C=O) groups excluding carboxylic acids is 1. The van der Waals surface area contributed by atoms with Gasteiger partial charge in [0.25, 0.3) is 5.91 Å². The van der Waals surface area contributed by atoms with Crippen LogP contribution in [0.2, 0.25) is 0 Å². The molecule has 3 aromatic rings. The number of aromatic nitrogens is 3. The molecule has 0 aromatic carbocycles. The summed E-state index contributed by atoms with van der Waals surface area (Å²) in [4.78, 5) is 27.2. The predicted octanol–water partition coefficient (Wildman–Crippen LogP) is 1.41. The summed E-state index contributed by atoms with van der Waals surface area (Å²) >= 11 is 0. The van der Waals surface area contributed by atoms with E-state index in [-0.39, 0.29) is 28.8 Å². The summed E-state index contributed by atoms with van der Waals surface area (Å²) in [6.45, 7) is 0.961. The third-order valence-corrected chi connectivity index (χ3v) is 5.16. The Hall–Kier alpha value is -3.63. The van der Waals surface area contributed by atoms with Gasteiger partial charge in [0.15, 0.2) is 11.5 Å². The highest BCUT2D eigenvalue weighted by molar-refractivity contribution is 6.07. The molecule has 2 unspecified atom stereocenters. The van der Waals surface area contributed by atoms with Crippen molar-refractivity contribution in [3.8, 4) is 11.4 Å². The number of amides is 1. The Kier molecular flexibility index (Phi) is 5.74. The summed E-state index contributed by atoms with van der Waals surface area (Å²) in [6.07, 6.45) is 4.49. The second-order valence-electron chi connectivity index (χ2n) is 7.28. The summed E-state index contributed by atoms with van der Waals surface area (Å²) in [6, 6.07) is 7.19. The Morgan fingerprint density at radius 3 is 2.87 bits per heavy atom. The molecular formula is C21H22FN7O2.